The molecule has 0 spiro atoms. The summed E-state index contributed by atoms with van der Waals surface area (Å²) in [6.07, 6.45) is 6.50. The van der Waals surface area contributed by atoms with E-state index in [2.05, 4.69) is 26.7 Å². The fourth-order valence-electron chi connectivity index (χ4n) is 4.19. The van der Waals surface area contributed by atoms with Gasteiger partial charge in [-0.15, -0.1) is 28.1 Å². The Kier molecular flexibility index (Phi) is 7.84. The number of nitrogens with one attached hydrogen (secondary N) is 1. The highest BCUT2D eigenvalue weighted by atomic mass is 32.2. The number of rotatable bonds is 9. The van der Waals surface area contributed by atoms with E-state index in [0.29, 0.717) is 28.2 Å². The zero-order chi connectivity index (χ0) is 24.1. The second-order valence-electron chi connectivity index (χ2n) is 8.27. The van der Waals surface area contributed by atoms with Gasteiger partial charge < -0.3 is 14.6 Å². The van der Waals surface area contributed by atoms with E-state index in [1.807, 2.05) is 42.6 Å². The fourth-order valence-corrected chi connectivity index (χ4v) is 5.91. The van der Waals surface area contributed by atoms with E-state index in [-0.39, 0.29) is 11.7 Å². The Morgan fingerprint density at radius 3 is 2.68 bits per heavy atom. The molecule has 4 rings (SSSR count). The number of carbonyl (C=O) groups is 2. The second kappa shape index (κ2) is 11.0. The summed E-state index contributed by atoms with van der Waals surface area (Å²) in [7, 11) is 1.34. The van der Waals surface area contributed by atoms with Crippen LogP contribution in [-0.4, -0.2) is 39.5 Å². The number of aryl methyl sites for hydroxylation is 1. The number of amides is 1. The zero-order valence-corrected chi connectivity index (χ0v) is 21.0. The number of hydrogen-bond acceptors (Lipinski definition) is 7. The van der Waals surface area contributed by atoms with Crippen LogP contribution in [0.15, 0.2) is 47.5 Å². The lowest BCUT2D eigenvalue weighted by atomic mass is 10.0. The average molecular weight is 497 g/mol. The molecule has 0 atom stereocenters. The molecule has 0 radical (unpaired) electrons. The first-order valence-corrected chi connectivity index (χ1v) is 13.1. The van der Waals surface area contributed by atoms with E-state index in [0.717, 1.165) is 35.4 Å². The van der Waals surface area contributed by atoms with Crippen molar-refractivity contribution in [3.05, 3.63) is 59.3 Å². The first kappa shape index (κ1) is 24.2. The Morgan fingerprint density at radius 1 is 1.26 bits per heavy atom. The second-order valence-corrected chi connectivity index (χ2v) is 10.1. The van der Waals surface area contributed by atoms with E-state index in [9.17, 15) is 9.59 Å². The quantitative estimate of drug-likeness (QED) is 0.233. The highest BCUT2D eigenvalue weighted by molar-refractivity contribution is 7.99. The largest absolute Gasteiger partial charge is 0.465 e. The van der Waals surface area contributed by atoms with Crippen molar-refractivity contribution in [1.82, 2.24) is 14.8 Å². The standard InChI is InChI=1S/C25H28N4O3S2/c1-4-13-29-22(18-7-5-6-8-18)27-28-25(29)34-15-20(30)26-23-21(24(31)32-3)19(14-33-23)17-11-9-16(2)10-12-17/h4,9-12,14,18H,1,5-8,13,15H2,2-3H3,(H,26,30). The maximum absolute atomic E-state index is 12.8. The van der Waals surface area contributed by atoms with E-state index in [1.54, 1.807) is 0 Å². The summed E-state index contributed by atoms with van der Waals surface area (Å²) in [6, 6.07) is 7.89. The van der Waals surface area contributed by atoms with Gasteiger partial charge in [-0.05, 0) is 25.3 Å². The maximum atomic E-state index is 12.8. The lowest BCUT2D eigenvalue weighted by Gasteiger charge is -2.12. The Labute approximate surface area is 207 Å². The number of thioether (sulfide) groups is 1. The Bertz CT molecular complexity index is 1180. The van der Waals surface area contributed by atoms with Gasteiger partial charge in [-0.25, -0.2) is 4.79 Å². The molecule has 2 aromatic heterocycles. The van der Waals surface area contributed by atoms with Gasteiger partial charge in [-0.3, -0.25) is 4.79 Å². The minimum Gasteiger partial charge on any atom is -0.465 e. The van der Waals surface area contributed by atoms with E-state index in [4.69, 9.17) is 4.74 Å². The van der Waals surface area contributed by atoms with Gasteiger partial charge >= 0.3 is 5.97 Å². The average Bonchev–Trinajstić information content (AvgIpc) is 3.58. The van der Waals surface area contributed by atoms with Crippen LogP contribution in [0.4, 0.5) is 5.00 Å². The summed E-state index contributed by atoms with van der Waals surface area (Å²) in [5.74, 6) is 0.853. The highest BCUT2D eigenvalue weighted by Gasteiger charge is 2.25. The zero-order valence-electron chi connectivity index (χ0n) is 19.4. The number of methoxy groups -OCH3 is 1. The van der Waals surface area contributed by atoms with Gasteiger partial charge in [-0.2, -0.15) is 0 Å². The monoisotopic (exact) mass is 496 g/mol. The molecule has 0 aliphatic heterocycles. The molecule has 1 aromatic carbocycles. The molecule has 0 saturated heterocycles. The molecule has 1 amide bonds. The number of ether oxygens (including phenoxy) is 1. The van der Waals surface area contributed by atoms with Crippen molar-refractivity contribution in [3.8, 4) is 11.1 Å². The number of anilines is 1. The molecule has 1 saturated carbocycles. The summed E-state index contributed by atoms with van der Waals surface area (Å²) in [5, 5.41) is 14.7. The maximum Gasteiger partial charge on any atom is 0.341 e. The number of esters is 1. The smallest absolute Gasteiger partial charge is 0.341 e. The summed E-state index contributed by atoms with van der Waals surface area (Å²) in [5.41, 5.74) is 3.14. The first-order valence-electron chi connectivity index (χ1n) is 11.2. The number of hydrogen-bond donors (Lipinski definition) is 1. The Morgan fingerprint density at radius 2 is 2.00 bits per heavy atom. The molecule has 7 nitrogen and oxygen atoms in total. The summed E-state index contributed by atoms with van der Waals surface area (Å²) >= 11 is 2.65. The van der Waals surface area contributed by atoms with Crippen LogP contribution in [0.3, 0.4) is 0 Å². The van der Waals surface area contributed by atoms with Crippen LogP contribution in [0.25, 0.3) is 11.1 Å². The summed E-state index contributed by atoms with van der Waals surface area (Å²) < 4.78 is 7.06. The number of nitrogens with zero attached hydrogens (tertiary/aromatic N) is 3. The number of benzene rings is 1. The topological polar surface area (TPSA) is 86.1 Å². The molecule has 9 heteroatoms. The number of aromatic nitrogens is 3. The van der Waals surface area contributed by atoms with Crippen molar-refractivity contribution in [2.75, 3.05) is 18.2 Å². The minimum atomic E-state index is -0.480. The predicted octanol–water partition coefficient (Wildman–Crippen LogP) is 5.68. The minimum absolute atomic E-state index is 0.151. The van der Waals surface area contributed by atoms with Gasteiger partial charge in [0.25, 0.3) is 0 Å². The molecule has 2 heterocycles. The van der Waals surface area contributed by atoms with Crippen molar-refractivity contribution >= 4 is 40.0 Å². The molecule has 1 N–H and O–H groups in total. The van der Waals surface area contributed by atoms with Gasteiger partial charge in [0, 0.05) is 23.4 Å². The van der Waals surface area contributed by atoms with Crippen LogP contribution >= 0.6 is 23.1 Å². The summed E-state index contributed by atoms with van der Waals surface area (Å²) in [4.78, 5) is 25.4. The fraction of sp³-hybridized carbons (Fsp3) is 0.360. The van der Waals surface area contributed by atoms with Crippen LogP contribution in [-0.2, 0) is 16.1 Å². The highest BCUT2D eigenvalue weighted by Crippen LogP contribution is 2.37. The molecular weight excluding hydrogens is 468 g/mol. The third kappa shape index (κ3) is 5.26. The third-order valence-corrected chi connectivity index (χ3v) is 7.77. The van der Waals surface area contributed by atoms with E-state index >= 15 is 0 Å². The number of allylic oxidation sites excluding steroid dienone is 1. The van der Waals surface area contributed by atoms with Crippen LogP contribution in [0.2, 0.25) is 0 Å². The van der Waals surface area contributed by atoms with E-state index < -0.39 is 5.97 Å². The third-order valence-electron chi connectivity index (χ3n) is 5.91. The first-order chi connectivity index (χ1) is 16.5. The molecule has 0 unspecified atom stereocenters. The van der Waals surface area contributed by atoms with E-state index in [1.165, 1.54) is 43.1 Å². The molecule has 3 aromatic rings. The number of thiophene rings is 1. The molecule has 1 aliphatic rings. The Hall–Kier alpha value is -2.91. The van der Waals surface area contributed by atoms with Crippen LogP contribution in [0, 0.1) is 6.92 Å². The predicted molar refractivity (Wildman–Crippen MR) is 137 cm³/mol. The normalized spacial score (nSPS) is 13.7. The van der Waals surface area contributed by atoms with Gasteiger partial charge in [0.1, 0.15) is 16.4 Å². The molecule has 1 fully saturated rings. The van der Waals surface area contributed by atoms with Gasteiger partial charge in [0.15, 0.2) is 5.16 Å². The van der Waals surface area contributed by atoms with Crippen LogP contribution in [0.5, 0.6) is 0 Å². The van der Waals surface area contributed by atoms with Gasteiger partial charge in [0.2, 0.25) is 5.91 Å². The Balaban J connectivity index is 1.49. The molecule has 0 bridgehead atoms. The van der Waals surface area contributed by atoms with Crippen molar-refractivity contribution < 1.29 is 14.3 Å². The van der Waals surface area contributed by atoms with Gasteiger partial charge in [-0.1, -0.05) is 60.5 Å². The molecule has 178 valence electrons. The van der Waals surface area contributed by atoms with Crippen molar-refractivity contribution in [1.29, 1.82) is 0 Å². The van der Waals surface area contributed by atoms with Gasteiger partial charge in [0.05, 0.1) is 12.9 Å². The molecular formula is C25H28N4O3S2. The molecule has 1 aliphatic carbocycles. The van der Waals surface area contributed by atoms with Crippen molar-refractivity contribution in [2.45, 2.75) is 50.2 Å². The lowest BCUT2D eigenvalue weighted by molar-refractivity contribution is -0.113. The van der Waals surface area contributed by atoms with Crippen LogP contribution in [0.1, 0.15) is 53.3 Å². The summed E-state index contributed by atoms with van der Waals surface area (Å²) in [6.45, 7) is 6.47. The lowest BCUT2D eigenvalue weighted by Crippen LogP contribution is -2.16. The van der Waals surface area contributed by atoms with Crippen LogP contribution < -0.4 is 5.32 Å². The van der Waals surface area contributed by atoms with Crippen molar-refractivity contribution in [2.24, 2.45) is 0 Å². The number of carbonyl (C=O) groups excluding carboxylic acids is 2. The van der Waals surface area contributed by atoms with Crippen molar-refractivity contribution in [3.63, 3.8) is 0 Å². The SMILES string of the molecule is C=CCn1c(SCC(=O)Nc2scc(-c3ccc(C)cc3)c2C(=O)OC)nnc1C1CCCC1. The molecule has 34 heavy (non-hydrogen) atoms.